The summed E-state index contributed by atoms with van der Waals surface area (Å²) in [6.07, 6.45) is 8.53. The second-order valence-corrected chi connectivity index (χ2v) is 7.45. The molecule has 4 N–H and O–H groups in total. The Morgan fingerprint density at radius 3 is 2.48 bits per heavy atom. The minimum Gasteiger partial charge on any atom is -0.508 e. The molecule has 0 aliphatic heterocycles. The maximum Gasteiger partial charge on any atom is 0.401 e. The molecule has 2 aromatic heterocycles. The molecule has 0 spiro atoms. The molecule has 1 aromatic carbocycles. The van der Waals surface area contributed by atoms with E-state index in [1.807, 2.05) is 6.20 Å². The second kappa shape index (κ2) is 7.90. The van der Waals surface area contributed by atoms with Gasteiger partial charge < -0.3 is 15.7 Å². The third-order valence-electron chi connectivity index (χ3n) is 5.49. The van der Waals surface area contributed by atoms with Crippen LogP contribution in [0.5, 0.6) is 5.75 Å². The summed E-state index contributed by atoms with van der Waals surface area (Å²) in [5.74, 6) is 0.372. The summed E-state index contributed by atoms with van der Waals surface area (Å²) in [6, 6.07) is 6.76. The van der Waals surface area contributed by atoms with E-state index in [0.717, 1.165) is 25.7 Å². The lowest BCUT2D eigenvalue weighted by molar-refractivity contribution is -0.512. The van der Waals surface area contributed by atoms with Gasteiger partial charge in [0.1, 0.15) is 11.9 Å². The van der Waals surface area contributed by atoms with Crippen LogP contribution in [0.1, 0.15) is 52.1 Å². The first-order chi connectivity index (χ1) is 14.0. The number of rotatable bonds is 4. The highest BCUT2D eigenvalue weighted by Gasteiger charge is 2.26. The maximum absolute atomic E-state index is 12.5. The average Bonchev–Trinajstić information content (AvgIpc) is 3.19. The van der Waals surface area contributed by atoms with Crippen molar-refractivity contribution in [2.24, 2.45) is 0 Å². The normalized spacial score (nSPS) is 19.1. The lowest BCUT2D eigenvalue weighted by atomic mass is 9.90. The first-order valence-electron chi connectivity index (χ1n) is 9.77. The number of phenolic OH excluding ortho intramolecular Hbond substituents is 1. The summed E-state index contributed by atoms with van der Waals surface area (Å²) in [6.45, 7) is 1.73. The zero-order valence-electron chi connectivity index (χ0n) is 16.2. The number of nitrogens with zero attached hydrogens (tertiary/aromatic N) is 2. The molecule has 3 aromatic rings. The highest BCUT2D eigenvalue weighted by atomic mass is 16.3. The minimum absolute atomic E-state index is 0.0576. The van der Waals surface area contributed by atoms with Crippen LogP contribution in [0, 0.1) is 6.92 Å². The molecule has 0 bridgehead atoms. The van der Waals surface area contributed by atoms with E-state index in [0.29, 0.717) is 22.6 Å². The monoisotopic (exact) mass is 394 g/mol. The smallest absolute Gasteiger partial charge is 0.401 e. The number of aromatic nitrogens is 3. The summed E-state index contributed by atoms with van der Waals surface area (Å²) in [4.78, 5) is 32.3. The molecule has 0 radical (unpaired) electrons. The quantitative estimate of drug-likeness (QED) is 0.504. The zero-order valence-corrected chi connectivity index (χ0v) is 16.2. The predicted molar refractivity (Wildman–Crippen MR) is 106 cm³/mol. The zero-order chi connectivity index (χ0) is 20.4. The van der Waals surface area contributed by atoms with Crippen molar-refractivity contribution in [1.82, 2.24) is 20.6 Å². The van der Waals surface area contributed by atoms with Crippen LogP contribution in [0.3, 0.4) is 0 Å². The van der Waals surface area contributed by atoms with Crippen LogP contribution < -0.4 is 15.0 Å². The van der Waals surface area contributed by atoms with Gasteiger partial charge in [-0.3, -0.25) is 9.59 Å². The largest absolute Gasteiger partial charge is 0.508 e. The Kier molecular flexibility index (Phi) is 5.16. The molecule has 0 saturated heterocycles. The fraction of sp³-hybridized carbons (Fsp3) is 0.333. The number of aromatic hydroxyl groups is 1. The fourth-order valence-corrected chi connectivity index (χ4v) is 3.75. The Morgan fingerprint density at radius 1 is 1.07 bits per heavy atom. The molecule has 2 amide bonds. The summed E-state index contributed by atoms with van der Waals surface area (Å²) in [5, 5.41) is 15.9. The van der Waals surface area contributed by atoms with Crippen molar-refractivity contribution in [1.29, 1.82) is 0 Å². The summed E-state index contributed by atoms with van der Waals surface area (Å²) in [7, 11) is 0. The molecular formula is C21H24N5O3+. The van der Waals surface area contributed by atoms with Gasteiger partial charge in [-0.15, -0.1) is 0 Å². The van der Waals surface area contributed by atoms with E-state index in [1.54, 1.807) is 48.0 Å². The first-order valence-corrected chi connectivity index (χ1v) is 9.77. The van der Waals surface area contributed by atoms with Gasteiger partial charge in [0, 0.05) is 29.3 Å². The molecule has 2 heterocycles. The molecule has 8 nitrogen and oxygen atoms in total. The summed E-state index contributed by atoms with van der Waals surface area (Å²) in [5.41, 5.74) is 1.45. The van der Waals surface area contributed by atoms with E-state index in [2.05, 4.69) is 20.6 Å². The first kappa shape index (κ1) is 18.9. The van der Waals surface area contributed by atoms with E-state index < -0.39 is 0 Å². The number of imidazole rings is 1. The molecule has 1 aliphatic rings. The van der Waals surface area contributed by atoms with E-state index in [-0.39, 0.29) is 29.6 Å². The number of phenols is 1. The number of hydrogen-bond donors (Lipinski definition) is 4. The van der Waals surface area contributed by atoms with Crippen LogP contribution >= 0.6 is 0 Å². The van der Waals surface area contributed by atoms with Crippen molar-refractivity contribution in [3.8, 4) is 5.75 Å². The van der Waals surface area contributed by atoms with Crippen molar-refractivity contribution in [2.45, 2.75) is 44.7 Å². The Bertz CT molecular complexity index is 1050. The van der Waals surface area contributed by atoms with Crippen LogP contribution in [-0.2, 0) is 0 Å². The van der Waals surface area contributed by atoms with Gasteiger partial charge in [0.05, 0.1) is 12.4 Å². The molecule has 29 heavy (non-hydrogen) atoms. The van der Waals surface area contributed by atoms with Crippen molar-refractivity contribution < 1.29 is 19.1 Å². The molecule has 0 atom stereocenters. The van der Waals surface area contributed by atoms with Crippen LogP contribution in [0.15, 0.2) is 42.9 Å². The van der Waals surface area contributed by atoms with E-state index >= 15 is 0 Å². The highest BCUT2D eigenvalue weighted by molar-refractivity contribution is 5.96. The number of benzene rings is 1. The molecule has 1 aliphatic carbocycles. The van der Waals surface area contributed by atoms with E-state index in [4.69, 9.17) is 0 Å². The van der Waals surface area contributed by atoms with Gasteiger partial charge in [-0.25, -0.2) is 9.38 Å². The molecule has 4 rings (SSSR count). The molecule has 8 heteroatoms. The molecule has 1 fully saturated rings. The van der Waals surface area contributed by atoms with E-state index in [9.17, 15) is 14.7 Å². The number of H-pyrrole nitrogens is 1. The highest BCUT2D eigenvalue weighted by Crippen LogP contribution is 2.22. The Labute approximate surface area is 168 Å². The van der Waals surface area contributed by atoms with Gasteiger partial charge in [-0.05, 0) is 44.7 Å². The SMILES string of the molecule is Cc1c(O)cccc1C(=O)NC1CCC(NC(=O)c2cc[n+]3cc[nH]c3n2)CC1. The van der Waals surface area contributed by atoms with Crippen molar-refractivity contribution in [3.05, 3.63) is 59.7 Å². The number of amides is 2. The van der Waals surface area contributed by atoms with Gasteiger partial charge in [0.2, 0.25) is 5.69 Å². The number of carbonyl (C=O) groups excluding carboxylic acids is 2. The molecule has 1 saturated carbocycles. The molecule has 150 valence electrons. The number of aromatic amines is 1. The van der Waals surface area contributed by atoms with Crippen molar-refractivity contribution >= 4 is 17.6 Å². The average molecular weight is 394 g/mol. The molecule has 0 unspecified atom stereocenters. The number of carbonyl (C=O) groups is 2. The topological polar surface area (TPSA) is 111 Å². The van der Waals surface area contributed by atoms with Gasteiger partial charge in [-0.2, -0.15) is 0 Å². The third kappa shape index (κ3) is 4.06. The lowest BCUT2D eigenvalue weighted by Gasteiger charge is -2.29. The van der Waals surface area contributed by atoms with Gasteiger partial charge in [0.25, 0.3) is 11.8 Å². The minimum atomic E-state index is -0.190. The molecular weight excluding hydrogens is 370 g/mol. The summed E-state index contributed by atoms with van der Waals surface area (Å²) < 4.78 is 1.80. The van der Waals surface area contributed by atoms with Crippen molar-refractivity contribution in [2.75, 3.05) is 0 Å². The lowest BCUT2D eigenvalue weighted by Crippen LogP contribution is -2.44. The third-order valence-corrected chi connectivity index (χ3v) is 5.49. The Morgan fingerprint density at radius 2 is 1.76 bits per heavy atom. The van der Waals surface area contributed by atoms with Gasteiger partial charge in [0.15, 0.2) is 0 Å². The van der Waals surface area contributed by atoms with Crippen LogP contribution in [-0.4, -0.2) is 39.0 Å². The van der Waals surface area contributed by atoms with E-state index in [1.165, 1.54) is 0 Å². The van der Waals surface area contributed by atoms with Crippen LogP contribution in [0.25, 0.3) is 5.78 Å². The van der Waals surface area contributed by atoms with Crippen molar-refractivity contribution in [3.63, 3.8) is 0 Å². The maximum atomic E-state index is 12.5. The number of hydrogen-bond acceptors (Lipinski definition) is 4. The second-order valence-electron chi connectivity index (χ2n) is 7.45. The van der Waals surface area contributed by atoms with Gasteiger partial charge in [-0.1, -0.05) is 11.1 Å². The fourth-order valence-electron chi connectivity index (χ4n) is 3.75. The standard InChI is InChI=1S/C21H23N5O3/c1-13-16(3-2-4-18(13)27)19(28)23-14-5-7-15(8-6-14)24-20(29)17-9-11-26-12-10-22-21(26)25-17/h2-4,9-12,14-15H,5-8H2,1H3,(H3,23,24,27,28,29)/p+1. The van der Waals surface area contributed by atoms with Gasteiger partial charge >= 0.3 is 5.78 Å². The Balaban J connectivity index is 1.30. The number of fused-ring (bicyclic) bond motifs is 1. The predicted octanol–water partition coefficient (Wildman–Crippen LogP) is 1.63. The Hall–Kier alpha value is -3.42. The van der Waals surface area contributed by atoms with Crippen LogP contribution in [0.4, 0.5) is 0 Å². The van der Waals surface area contributed by atoms with Crippen LogP contribution in [0.2, 0.25) is 0 Å². The number of nitrogens with one attached hydrogen (secondary N) is 3. The summed E-state index contributed by atoms with van der Waals surface area (Å²) >= 11 is 0.